The van der Waals surface area contributed by atoms with Gasteiger partial charge in [0.05, 0.1) is 26.0 Å². The molecule has 0 aromatic carbocycles. The van der Waals surface area contributed by atoms with Crippen LogP contribution < -0.4 is 5.32 Å². The number of nitrogens with one attached hydrogen (secondary N) is 1. The molecule has 1 N–H and O–H groups in total. The lowest BCUT2D eigenvalue weighted by molar-refractivity contribution is 0.0661. The molecule has 9 heteroatoms. The van der Waals surface area contributed by atoms with Crippen LogP contribution in [0.25, 0.3) is 0 Å². The summed E-state index contributed by atoms with van der Waals surface area (Å²) in [7, 11) is 1.68. The lowest BCUT2D eigenvalue weighted by Crippen LogP contribution is -2.58. The van der Waals surface area contributed by atoms with E-state index in [0.717, 1.165) is 18.8 Å². The van der Waals surface area contributed by atoms with Gasteiger partial charge in [-0.25, -0.2) is 9.48 Å². The second-order valence-electron chi connectivity index (χ2n) is 7.52. The maximum Gasteiger partial charge on any atom is 0.318 e. The maximum atomic E-state index is 12.6. The Kier molecular flexibility index (Phi) is 5.10. The number of fused-ring (bicyclic) bond motifs is 1. The lowest BCUT2D eigenvalue weighted by atomic mass is 10.1. The third-order valence-corrected chi connectivity index (χ3v) is 5.82. The van der Waals surface area contributed by atoms with Crippen LogP contribution in [0.15, 0.2) is 6.20 Å². The molecule has 9 nitrogen and oxygen atoms in total. The van der Waals surface area contributed by atoms with Crippen LogP contribution in [0.2, 0.25) is 0 Å². The number of carbonyl (C=O) groups excluding carboxylic acids is 1. The molecule has 1 aromatic rings. The molecule has 0 spiro atoms. The van der Waals surface area contributed by atoms with E-state index < -0.39 is 0 Å². The van der Waals surface area contributed by atoms with Crippen molar-refractivity contribution >= 4 is 6.03 Å². The van der Waals surface area contributed by atoms with E-state index in [0.29, 0.717) is 25.8 Å². The van der Waals surface area contributed by atoms with Gasteiger partial charge in [-0.1, -0.05) is 5.21 Å². The molecule has 0 bridgehead atoms. The predicted octanol–water partition coefficient (Wildman–Crippen LogP) is 0.243. The van der Waals surface area contributed by atoms with Crippen molar-refractivity contribution in [3.8, 4) is 0 Å². The normalized spacial score (nSPS) is 32.0. The van der Waals surface area contributed by atoms with Gasteiger partial charge in [-0.2, -0.15) is 0 Å². The van der Waals surface area contributed by atoms with E-state index in [-0.39, 0.29) is 24.2 Å². The van der Waals surface area contributed by atoms with Gasteiger partial charge in [0.2, 0.25) is 0 Å². The summed E-state index contributed by atoms with van der Waals surface area (Å²) in [5.74, 6) is 0. The molecule has 4 heterocycles. The van der Waals surface area contributed by atoms with Crippen LogP contribution >= 0.6 is 0 Å². The molecule has 0 radical (unpaired) electrons. The Hall–Kier alpha value is -1.71. The molecule has 144 valence electrons. The number of aromatic nitrogens is 3. The highest BCUT2D eigenvalue weighted by atomic mass is 16.5. The number of methoxy groups -OCH3 is 1. The Bertz CT molecular complexity index is 638. The molecule has 26 heavy (non-hydrogen) atoms. The molecule has 3 aliphatic rings. The fourth-order valence-electron chi connectivity index (χ4n) is 4.29. The third-order valence-electron chi connectivity index (χ3n) is 5.82. The Labute approximate surface area is 153 Å². The number of carbonyl (C=O) groups is 1. The molecule has 3 fully saturated rings. The highest BCUT2D eigenvalue weighted by Crippen LogP contribution is 2.24. The average molecular weight is 364 g/mol. The van der Waals surface area contributed by atoms with E-state index in [1.165, 1.54) is 19.4 Å². The van der Waals surface area contributed by atoms with Crippen molar-refractivity contribution < 1.29 is 14.3 Å². The van der Waals surface area contributed by atoms with E-state index in [2.05, 4.69) is 27.5 Å². The minimum Gasteiger partial charge on any atom is -0.377 e. The first-order valence-electron chi connectivity index (χ1n) is 9.45. The summed E-state index contributed by atoms with van der Waals surface area (Å²) >= 11 is 0. The topological polar surface area (TPSA) is 84.8 Å². The van der Waals surface area contributed by atoms with Crippen molar-refractivity contribution in [2.24, 2.45) is 0 Å². The van der Waals surface area contributed by atoms with E-state index in [1.54, 1.807) is 11.8 Å². The van der Waals surface area contributed by atoms with Gasteiger partial charge in [0.25, 0.3) is 0 Å². The lowest BCUT2D eigenvalue weighted by Gasteiger charge is -2.42. The van der Waals surface area contributed by atoms with Gasteiger partial charge in [0, 0.05) is 32.3 Å². The van der Waals surface area contributed by atoms with Gasteiger partial charge < -0.3 is 19.7 Å². The van der Waals surface area contributed by atoms with Crippen LogP contribution in [0.1, 0.15) is 31.5 Å². The molecule has 2 unspecified atom stereocenters. The van der Waals surface area contributed by atoms with E-state index >= 15 is 0 Å². The second kappa shape index (κ2) is 7.50. The Morgan fingerprint density at radius 2 is 2.31 bits per heavy atom. The first-order chi connectivity index (χ1) is 12.7. The van der Waals surface area contributed by atoms with Gasteiger partial charge in [-0.15, -0.1) is 5.10 Å². The van der Waals surface area contributed by atoms with Crippen LogP contribution in [0.5, 0.6) is 0 Å². The first kappa shape index (κ1) is 17.7. The number of nitrogens with zero attached hydrogens (tertiary/aromatic N) is 5. The fourth-order valence-corrected chi connectivity index (χ4v) is 4.29. The SMILES string of the molecule is CO[C@@H]1COC[C@H]1n1cc(CNC(=O)N2CC3CCCN3CC2C)nn1. The molecular formula is C17H28N6O3. The number of ether oxygens (including phenoxy) is 2. The van der Waals surface area contributed by atoms with Crippen LogP contribution in [0.4, 0.5) is 4.79 Å². The zero-order chi connectivity index (χ0) is 18.1. The number of amides is 2. The maximum absolute atomic E-state index is 12.6. The molecule has 3 aliphatic heterocycles. The van der Waals surface area contributed by atoms with Gasteiger partial charge in [0.15, 0.2) is 0 Å². The molecule has 0 saturated carbocycles. The highest BCUT2D eigenvalue weighted by Gasteiger charge is 2.36. The summed E-state index contributed by atoms with van der Waals surface area (Å²) in [6, 6.07) is 0.772. The van der Waals surface area contributed by atoms with Crippen molar-refractivity contribution in [3.63, 3.8) is 0 Å². The summed E-state index contributed by atoms with van der Waals surface area (Å²) in [6.07, 6.45) is 4.28. The number of rotatable bonds is 4. The molecule has 0 aliphatic carbocycles. The quantitative estimate of drug-likeness (QED) is 0.824. The highest BCUT2D eigenvalue weighted by molar-refractivity contribution is 5.74. The van der Waals surface area contributed by atoms with Crippen LogP contribution in [-0.4, -0.2) is 89.0 Å². The zero-order valence-electron chi connectivity index (χ0n) is 15.5. The van der Waals surface area contributed by atoms with E-state index in [4.69, 9.17) is 9.47 Å². The third kappa shape index (κ3) is 3.43. The van der Waals surface area contributed by atoms with Crippen molar-refractivity contribution in [3.05, 3.63) is 11.9 Å². The van der Waals surface area contributed by atoms with Gasteiger partial charge in [0.1, 0.15) is 17.8 Å². The van der Waals surface area contributed by atoms with Gasteiger partial charge >= 0.3 is 6.03 Å². The molecule has 1 aromatic heterocycles. The smallest absolute Gasteiger partial charge is 0.318 e. The largest absolute Gasteiger partial charge is 0.377 e. The zero-order valence-corrected chi connectivity index (χ0v) is 15.5. The van der Waals surface area contributed by atoms with Crippen molar-refractivity contribution in [2.45, 2.75) is 50.5 Å². The molecule has 2 amide bonds. The first-order valence-corrected chi connectivity index (χ1v) is 9.45. The standard InChI is InChI=1S/C17H28N6O3/c1-12-7-21-5-3-4-14(21)9-22(12)17(24)18-6-13-8-23(20-19-13)15-10-26-11-16(15)25-2/h8,12,14-16H,3-7,9-11H2,1-2H3,(H,18,24)/t12?,14?,15-,16-/m1/s1. The summed E-state index contributed by atoms with van der Waals surface area (Å²) in [6.45, 7) is 6.58. The number of hydrogen-bond donors (Lipinski definition) is 1. The Morgan fingerprint density at radius 1 is 1.42 bits per heavy atom. The van der Waals surface area contributed by atoms with Gasteiger partial charge in [-0.05, 0) is 26.3 Å². The summed E-state index contributed by atoms with van der Waals surface area (Å²) < 4.78 is 12.7. The van der Waals surface area contributed by atoms with Crippen molar-refractivity contribution in [2.75, 3.05) is 40.0 Å². The molecular weight excluding hydrogens is 336 g/mol. The van der Waals surface area contributed by atoms with Crippen molar-refractivity contribution in [1.82, 2.24) is 30.1 Å². The molecule has 4 rings (SSSR count). The number of piperazine rings is 1. The van der Waals surface area contributed by atoms with Crippen LogP contribution in [0.3, 0.4) is 0 Å². The number of hydrogen-bond acceptors (Lipinski definition) is 6. The Morgan fingerprint density at radius 3 is 3.15 bits per heavy atom. The van der Waals surface area contributed by atoms with Crippen LogP contribution in [0, 0.1) is 0 Å². The predicted molar refractivity (Wildman–Crippen MR) is 93.7 cm³/mol. The van der Waals surface area contributed by atoms with Gasteiger partial charge in [-0.3, -0.25) is 4.90 Å². The fraction of sp³-hybridized carbons (Fsp3) is 0.824. The van der Waals surface area contributed by atoms with E-state index in [1.807, 2.05) is 11.1 Å². The molecule has 4 atom stereocenters. The minimum absolute atomic E-state index is 0.0114. The average Bonchev–Trinajstić information content (AvgIpc) is 3.37. The molecule has 3 saturated heterocycles. The second-order valence-corrected chi connectivity index (χ2v) is 7.52. The summed E-state index contributed by atoms with van der Waals surface area (Å²) in [5.41, 5.74) is 0.743. The minimum atomic E-state index is -0.0161. The van der Waals surface area contributed by atoms with Crippen LogP contribution in [-0.2, 0) is 16.0 Å². The van der Waals surface area contributed by atoms with Crippen molar-refractivity contribution in [1.29, 1.82) is 0 Å². The summed E-state index contributed by atoms with van der Waals surface area (Å²) in [5, 5.41) is 11.4. The van der Waals surface area contributed by atoms with E-state index in [9.17, 15) is 4.79 Å². The Balaban J connectivity index is 1.32. The summed E-state index contributed by atoms with van der Waals surface area (Å²) in [4.78, 5) is 17.1. The monoisotopic (exact) mass is 364 g/mol. The number of urea groups is 1.